The summed E-state index contributed by atoms with van der Waals surface area (Å²) in [4.78, 5) is 0. The van der Waals surface area contributed by atoms with Crippen molar-refractivity contribution in [2.45, 2.75) is 50.7 Å². The number of hydrogen-bond donors (Lipinski definition) is 2. The average molecular weight is 212 g/mol. The fourth-order valence-corrected chi connectivity index (χ4v) is 2.37. The second-order valence-corrected chi connectivity index (χ2v) is 4.93. The highest BCUT2D eigenvalue weighted by molar-refractivity contribution is 4.81. The Balaban J connectivity index is 1.56. The van der Waals surface area contributed by atoms with Crippen LogP contribution in [0.5, 0.6) is 0 Å². The topological polar surface area (TPSA) is 47.3 Å². The van der Waals surface area contributed by atoms with Gasteiger partial charge >= 0.3 is 0 Å². The summed E-state index contributed by atoms with van der Waals surface area (Å²) in [7, 11) is 0. The molecule has 2 fully saturated rings. The van der Waals surface area contributed by atoms with Gasteiger partial charge in [-0.25, -0.2) is 0 Å². The van der Waals surface area contributed by atoms with Gasteiger partial charge in [0, 0.05) is 19.2 Å². The zero-order chi connectivity index (χ0) is 10.5. The molecule has 2 atom stereocenters. The number of rotatable bonds is 7. The van der Waals surface area contributed by atoms with Crippen LogP contribution in [0.4, 0.5) is 0 Å². The van der Waals surface area contributed by atoms with E-state index in [9.17, 15) is 0 Å². The minimum absolute atomic E-state index is 0.371. The molecule has 2 aliphatic rings. The molecule has 0 aromatic rings. The molecular formula is C12H24N2O. The van der Waals surface area contributed by atoms with Crippen LogP contribution in [0.25, 0.3) is 0 Å². The molecular weight excluding hydrogens is 188 g/mol. The van der Waals surface area contributed by atoms with Crippen LogP contribution >= 0.6 is 0 Å². The molecule has 0 aromatic carbocycles. The van der Waals surface area contributed by atoms with E-state index < -0.39 is 0 Å². The van der Waals surface area contributed by atoms with E-state index >= 15 is 0 Å². The van der Waals surface area contributed by atoms with E-state index in [4.69, 9.17) is 10.5 Å². The van der Waals surface area contributed by atoms with E-state index in [0.717, 1.165) is 19.1 Å². The first-order valence-corrected chi connectivity index (χ1v) is 6.45. The second kappa shape index (κ2) is 5.83. The van der Waals surface area contributed by atoms with Crippen LogP contribution in [0.1, 0.15) is 38.5 Å². The molecule has 0 amide bonds. The predicted octanol–water partition coefficient (Wildman–Crippen LogP) is 1.27. The SMILES string of the molecule is NCC(NCCCC1CC1)C1CCCO1. The Morgan fingerprint density at radius 2 is 2.20 bits per heavy atom. The van der Waals surface area contributed by atoms with E-state index in [1.807, 2.05) is 0 Å². The van der Waals surface area contributed by atoms with Gasteiger partial charge in [-0.15, -0.1) is 0 Å². The number of ether oxygens (including phenoxy) is 1. The standard InChI is InChI=1S/C12H24N2O/c13-9-11(12-4-2-8-15-12)14-7-1-3-10-5-6-10/h10-12,14H,1-9,13H2. The molecule has 2 rings (SSSR count). The molecule has 0 radical (unpaired) electrons. The Labute approximate surface area is 92.7 Å². The molecule has 2 unspecified atom stereocenters. The van der Waals surface area contributed by atoms with Crippen molar-refractivity contribution in [3.05, 3.63) is 0 Å². The summed E-state index contributed by atoms with van der Waals surface area (Å²) in [5.74, 6) is 1.05. The monoisotopic (exact) mass is 212 g/mol. The molecule has 0 spiro atoms. The predicted molar refractivity (Wildman–Crippen MR) is 61.8 cm³/mol. The highest BCUT2D eigenvalue weighted by Crippen LogP contribution is 2.33. The van der Waals surface area contributed by atoms with E-state index in [1.165, 1.54) is 38.5 Å². The summed E-state index contributed by atoms with van der Waals surface area (Å²) in [6, 6.07) is 0.381. The highest BCUT2D eigenvalue weighted by Gasteiger charge is 2.24. The van der Waals surface area contributed by atoms with Crippen molar-refractivity contribution in [2.24, 2.45) is 11.7 Å². The van der Waals surface area contributed by atoms with Crippen molar-refractivity contribution in [1.82, 2.24) is 5.32 Å². The minimum Gasteiger partial charge on any atom is -0.377 e. The third-order valence-electron chi connectivity index (χ3n) is 3.56. The first-order chi connectivity index (χ1) is 7.40. The maximum atomic E-state index is 5.76. The summed E-state index contributed by atoms with van der Waals surface area (Å²) in [6.45, 7) is 2.73. The Bertz CT molecular complexity index is 176. The van der Waals surface area contributed by atoms with Gasteiger partial charge in [0.05, 0.1) is 6.10 Å². The van der Waals surface area contributed by atoms with E-state index in [-0.39, 0.29) is 0 Å². The number of hydrogen-bond acceptors (Lipinski definition) is 3. The summed E-state index contributed by atoms with van der Waals surface area (Å²) < 4.78 is 5.65. The van der Waals surface area contributed by atoms with Crippen LogP contribution in [0.15, 0.2) is 0 Å². The van der Waals surface area contributed by atoms with Gasteiger partial charge < -0.3 is 15.8 Å². The van der Waals surface area contributed by atoms with Crippen LogP contribution in [0, 0.1) is 5.92 Å². The van der Waals surface area contributed by atoms with Crippen LogP contribution in [0.2, 0.25) is 0 Å². The molecule has 1 aliphatic heterocycles. The molecule has 15 heavy (non-hydrogen) atoms. The lowest BCUT2D eigenvalue weighted by molar-refractivity contribution is 0.0807. The fourth-order valence-electron chi connectivity index (χ4n) is 2.37. The largest absolute Gasteiger partial charge is 0.377 e. The Hall–Kier alpha value is -0.120. The first kappa shape index (κ1) is 11.4. The number of nitrogens with one attached hydrogen (secondary N) is 1. The van der Waals surface area contributed by atoms with Gasteiger partial charge in [0.1, 0.15) is 0 Å². The number of nitrogens with two attached hydrogens (primary N) is 1. The third kappa shape index (κ3) is 3.74. The molecule has 88 valence electrons. The first-order valence-electron chi connectivity index (χ1n) is 6.45. The summed E-state index contributed by atoms with van der Waals surface area (Å²) in [6.07, 6.45) is 8.38. The van der Waals surface area contributed by atoms with Gasteiger partial charge in [-0.1, -0.05) is 12.8 Å². The molecule has 3 N–H and O–H groups in total. The lowest BCUT2D eigenvalue weighted by Gasteiger charge is -2.22. The molecule has 1 aliphatic carbocycles. The maximum absolute atomic E-state index is 5.76. The Morgan fingerprint density at radius 1 is 1.33 bits per heavy atom. The van der Waals surface area contributed by atoms with Gasteiger partial charge in [0.25, 0.3) is 0 Å². The van der Waals surface area contributed by atoms with Crippen molar-refractivity contribution in [3.63, 3.8) is 0 Å². The summed E-state index contributed by atoms with van der Waals surface area (Å²) >= 11 is 0. The van der Waals surface area contributed by atoms with E-state index in [2.05, 4.69) is 5.32 Å². The van der Waals surface area contributed by atoms with Crippen LogP contribution < -0.4 is 11.1 Å². The van der Waals surface area contributed by atoms with Crippen molar-refractivity contribution in [1.29, 1.82) is 0 Å². The van der Waals surface area contributed by atoms with Crippen molar-refractivity contribution in [2.75, 3.05) is 19.7 Å². The van der Waals surface area contributed by atoms with Crippen LogP contribution in [-0.2, 0) is 4.74 Å². The van der Waals surface area contributed by atoms with Gasteiger partial charge in [0.15, 0.2) is 0 Å². The summed E-state index contributed by atoms with van der Waals surface area (Å²) in [5, 5.41) is 3.54. The zero-order valence-corrected chi connectivity index (χ0v) is 9.58. The zero-order valence-electron chi connectivity index (χ0n) is 9.58. The Kier molecular flexibility index (Phi) is 4.42. The smallest absolute Gasteiger partial charge is 0.0741 e. The molecule has 3 heteroatoms. The van der Waals surface area contributed by atoms with E-state index in [1.54, 1.807) is 0 Å². The molecule has 1 saturated carbocycles. The van der Waals surface area contributed by atoms with Crippen molar-refractivity contribution in [3.8, 4) is 0 Å². The molecule has 1 saturated heterocycles. The van der Waals surface area contributed by atoms with Crippen molar-refractivity contribution < 1.29 is 4.74 Å². The van der Waals surface area contributed by atoms with Crippen LogP contribution in [-0.4, -0.2) is 31.8 Å². The maximum Gasteiger partial charge on any atom is 0.0741 e. The normalized spacial score (nSPS) is 28.2. The molecule has 0 aromatic heterocycles. The van der Waals surface area contributed by atoms with Gasteiger partial charge in [0.2, 0.25) is 0 Å². The summed E-state index contributed by atoms with van der Waals surface area (Å²) in [5.41, 5.74) is 5.76. The molecule has 3 nitrogen and oxygen atoms in total. The van der Waals surface area contributed by atoms with Gasteiger partial charge in [-0.2, -0.15) is 0 Å². The minimum atomic E-state index is 0.371. The van der Waals surface area contributed by atoms with Crippen LogP contribution in [0.3, 0.4) is 0 Å². The fraction of sp³-hybridized carbons (Fsp3) is 1.00. The lowest BCUT2D eigenvalue weighted by Crippen LogP contribution is -2.45. The van der Waals surface area contributed by atoms with Gasteiger partial charge in [-0.05, 0) is 38.1 Å². The van der Waals surface area contributed by atoms with Crippen molar-refractivity contribution >= 4 is 0 Å². The lowest BCUT2D eigenvalue weighted by atomic mass is 10.1. The van der Waals surface area contributed by atoms with E-state index in [0.29, 0.717) is 18.7 Å². The third-order valence-corrected chi connectivity index (χ3v) is 3.56. The quantitative estimate of drug-likeness (QED) is 0.625. The van der Waals surface area contributed by atoms with Gasteiger partial charge in [-0.3, -0.25) is 0 Å². The average Bonchev–Trinajstić information content (AvgIpc) is 2.92. The Morgan fingerprint density at radius 3 is 2.80 bits per heavy atom. The second-order valence-electron chi connectivity index (χ2n) is 4.93. The molecule has 1 heterocycles. The molecule has 0 bridgehead atoms. The highest BCUT2D eigenvalue weighted by atomic mass is 16.5.